The van der Waals surface area contributed by atoms with Crippen molar-refractivity contribution in [2.45, 2.75) is 36.6 Å². The second-order valence-corrected chi connectivity index (χ2v) is 10.9. The van der Waals surface area contributed by atoms with E-state index in [2.05, 4.69) is 10.2 Å². The molecule has 0 aromatic heterocycles. The number of hydrogen-bond acceptors (Lipinski definition) is 5. The molecule has 184 valence electrons. The maximum Gasteiger partial charge on any atom is 0.243 e. The number of ether oxygens (including phenoxy) is 1. The van der Waals surface area contributed by atoms with E-state index in [0.717, 1.165) is 49.4 Å². The molecule has 0 unspecified atom stereocenters. The first kappa shape index (κ1) is 24.6. The summed E-state index contributed by atoms with van der Waals surface area (Å²) in [4.78, 5) is 15.5. The van der Waals surface area contributed by atoms with Crippen molar-refractivity contribution >= 4 is 15.9 Å². The number of nitrogens with zero attached hydrogens (tertiary/aromatic N) is 2. The lowest BCUT2D eigenvalue weighted by atomic mass is 9.98. The minimum absolute atomic E-state index is 0.0450. The molecular weight excluding hydrogens is 457 g/mol. The van der Waals surface area contributed by atoms with Crippen molar-refractivity contribution in [3.05, 3.63) is 59.9 Å². The quantitative estimate of drug-likeness (QED) is 0.616. The van der Waals surface area contributed by atoms with E-state index in [1.54, 1.807) is 7.11 Å². The highest BCUT2D eigenvalue weighted by Gasteiger charge is 2.34. The molecule has 7 nitrogen and oxygen atoms in total. The molecule has 0 bridgehead atoms. The largest absolute Gasteiger partial charge is 0.497 e. The van der Waals surface area contributed by atoms with Gasteiger partial charge in [-0.15, -0.1) is 0 Å². The number of halogens is 1. The second kappa shape index (κ2) is 10.8. The molecule has 34 heavy (non-hydrogen) atoms. The van der Waals surface area contributed by atoms with Gasteiger partial charge in [-0.2, -0.15) is 4.31 Å². The third-order valence-electron chi connectivity index (χ3n) is 6.76. The monoisotopic (exact) mass is 489 g/mol. The number of methoxy groups -OCH3 is 1. The van der Waals surface area contributed by atoms with Crippen molar-refractivity contribution in [3.8, 4) is 5.75 Å². The summed E-state index contributed by atoms with van der Waals surface area (Å²) in [6.07, 6.45) is 3.52. The van der Waals surface area contributed by atoms with E-state index in [1.807, 2.05) is 24.3 Å². The average molecular weight is 490 g/mol. The van der Waals surface area contributed by atoms with Crippen LogP contribution < -0.4 is 10.1 Å². The van der Waals surface area contributed by atoms with Crippen LogP contribution >= 0.6 is 0 Å². The molecular formula is C25H32FN3O4S. The Morgan fingerprint density at radius 1 is 1.06 bits per heavy atom. The third-order valence-corrected chi connectivity index (χ3v) is 8.64. The highest BCUT2D eigenvalue weighted by atomic mass is 32.2. The summed E-state index contributed by atoms with van der Waals surface area (Å²) < 4.78 is 45.8. The molecule has 4 rings (SSSR count). The van der Waals surface area contributed by atoms with E-state index in [1.165, 1.54) is 16.4 Å². The van der Waals surface area contributed by atoms with Crippen LogP contribution in [0.25, 0.3) is 0 Å². The Morgan fingerprint density at radius 3 is 2.38 bits per heavy atom. The van der Waals surface area contributed by atoms with Crippen molar-refractivity contribution in [3.63, 3.8) is 0 Å². The standard InChI is InChI=1S/C25H32FN3O4S/c1-33-22-10-6-19(7-11-22)24(28-14-2-3-15-28)17-27-25(30)20-5-4-16-29(18-20)34(31,32)23-12-8-21(26)9-13-23/h6-13,20,24H,2-5,14-18H2,1H3,(H,27,30)/t20-,24-/m1/s1. The molecule has 2 atom stereocenters. The zero-order valence-corrected chi connectivity index (χ0v) is 20.3. The number of benzene rings is 2. The molecule has 2 aromatic rings. The fraction of sp³-hybridized carbons (Fsp3) is 0.480. The molecule has 9 heteroatoms. The average Bonchev–Trinajstić information content (AvgIpc) is 3.39. The van der Waals surface area contributed by atoms with Crippen LogP contribution in [0.3, 0.4) is 0 Å². The first-order chi connectivity index (χ1) is 16.4. The summed E-state index contributed by atoms with van der Waals surface area (Å²) in [7, 11) is -2.14. The van der Waals surface area contributed by atoms with Crippen molar-refractivity contribution in [2.75, 3.05) is 39.8 Å². The van der Waals surface area contributed by atoms with Gasteiger partial charge in [0.25, 0.3) is 0 Å². The van der Waals surface area contributed by atoms with Gasteiger partial charge >= 0.3 is 0 Å². The minimum Gasteiger partial charge on any atom is -0.497 e. The fourth-order valence-corrected chi connectivity index (χ4v) is 6.33. The van der Waals surface area contributed by atoms with Crippen LogP contribution in [0.15, 0.2) is 53.4 Å². The van der Waals surface area contributed by atoms with E-state index < -0.39 is 21.8 Å². The Bertz CT molecular complexity index is 1070. The van der Waals surface area contributed by atoms with Gasteiger partial charge in [0.15, 0.2) is 0 Å². The number of likely N-dealkylation sites (tertiary alicyclic amines) is 1. The van der Waals surface area contributed by atoms with Crippen LogP contribution in [0.4, 0.5) is 4.39 Å². The molecule has 0 aliphatic carbocycles. The number of nitrogens with one attached hydrogen (secondary N) is 1. The summed E-state index contributed by atoms with van der Waals surface area (Å²) in [5.74, 6) is -0.243. The SMILES string of the molecule is COc1ccc([C@@H](CNC(=O)[C@@H]2CCCN(S(=O)(=O)c3ccc(F)cc3)C2)N2CCCC2)cc1. The summed E-state index contributed by atoms with van der Waals surface area (Å²) in [5, 5.41) is 3.09. The molecule has 0 saturated carbocycles. The first-order valence-electron chi connectivity index (χ1n) is 11.8. The number of hydrogen-bond donors (Lipinski definition) is 1. The smallest absolute Gasteiger partial charge is 0.243 e. The van der Waals surface area contributed by atoms with Gasteiger partial charge in [-0.05, 0) is 80.7 Å². The van der Waals surface area contributed by atoms with Gasteiger partial charge in [-0.3, -0.25) is 9.69 Å². The number of carbonyl (C=O) groups is 1. The second-order valence-electron chi connectivity index (χ2n) is 8.93. The van der Waals surface area contributed by atoms with Gasteiger partial charge < -0.3 is 10.1 Å². The maximum absolute atomic E-state index is 13.2. The normalized spacial score (nSPS) is 20.7. The summed E-state index contributed by atoms with van der Waals surface area (Å²) >= 11 is 0. The van der Waals surface area contributed by atoms with Crippen molar-refractivity contribution in [1.82, 2.24) is 14.5 Å². The molecule has 2 aliphatic heterocycles. The highest BCUT2D eigenvalue weighted by molar-refractivity contribution is 7.89. The minimum atomic E-state index is -3.77. The van der Waals surface area contributed by atoms with Crippen LogP contribution in [-0.2, 0) is 14.8 Å². The Hall–Kier alpha value is -2.49. The third kappa shape index (κ3) is 5.59. The Kier molecular flexibility index (Phi) is 7.85. The highest BCUT2D eigenvalue weighted by Crippen LogP contribution is 2.27. The van der Waals surface area contributed by atoms with Gasteiger partial charge in [-0.1, -0.05) is 12.1 Å². The fourth-order valence-electron chi connectivity index (χ4n) is 4.81. The van der Waals surface area contributed by atoms with E-state index in [9.17, 15) is 17.6 Å². The van der Waals surface area contributed by atoms with E-state index in [4.69, 9.17) is 4.74 Å². The van der Waals surface area contributed by atoms with Gasteiger partial charge in [0.05, 0.1) is 24.0 Å². The summed E-state index contributed by atoms with van der Waals surface area (Å²) in [5.41, 5.74) is 1.12. The molecule has 1 amide bonds. The lowest BCUT2D eigenvalue weighted by molar-refractivity contribution is -0.126. The first-order valence-corrected chi connectivity index (χ1v) is 13.2. The number of piperidine rings is 1. The number of carbonyl (C=O) groups excluding carboxylic acids is 1. The van der Waals surface area contributed by atoms with Gasteiger partial charge in [0.1, 0.15) is 11.6 Å². The molecule has 1 N–H and O–H groups in total. The van der Waals surface area contributed by atoms with Crippen molar-refractivity contribution in [2.24, 2.45) is 5.92 Å². The number of amides is 1. The van der Waals surface area contributed by atoms with Gasteiger partial charge in [0.2, 0.25) is 15.9 Å². The lowest BCUT2D eigenvalue weighted by Crippen LogP contribution is -2.46. The molecule has 2 aliphatic rings. The molecule has 2 aromatic carbocycles. The number of sulfonamides is 1. The van der Waals surface area contributed by atoms with Gasteiger partial charge in [0, 0.05) is 19.6 Å². The topological polar surface area (TPSA) is 79.0 Å². The van der Waals surface area contributed by atoms with Gasteiger partial charge in [-0.25, -0.2) is 12.8 Å². The Labute approximate surface area is 200 Å². The van der Waals surface area contributed by atoms with Crippen molar-refractivity contribution < 1.29 is 22.3 Å². The summed E-state index contributed by atoms with van der Waals surface area (Å²) in [6, 6.07) is 12.8. The van der Waals surface area contributed by atoms with Crippen LogP contribution in [-0.4, -0.2) is 63.4 Å². The predicted molar refractivity (Wildman–Crippen MR) is 127 cm³/mol. The number of rotatable bonds is 8. The zero-order chi connectivity index (χ0) is 24.1. The van der Waals surface area contributed by atoms with Crippen LogP contribution in [0.2, 0.25) is 0 Å². The molecule has 0 radical (unpaired) electrons. The molecule has 0 spiro atoms. The summed E-state index contributed by atoms with van der Waals surface area (Å²) in [6.45, 7) is 2.92. The Balaban J connectivity index is 1.41. The van der Waals surface area contributed by atoms with E-state index >= 15 is 0 Å². The van der Waals surface area contributed by atoms with E-state index in [-0.39, 0.29) is 23.4 Å². The zero-order valence-electron chi connectivity index (χ0n) is 19.5. The van der Waals surface area contributed by atoms with E-state index in [0.29, 0.717) is 25.9 Å². The molecule has 2 heterocycles. The predicted octanol–water partition coefficient (Wildman–Crippen LogP) is 3.19. The van der Waals surface area contributed by atoms with Crippen LogP contribution in [0.5, 0.6) is 5.75 Å². The molecule has 2 saturated heterocycles. The van der Waals surface area contributed by atoms with Crippen molar-refractivity contribution in [1.29, 1.82) is 0 Å². The lowest BCUT2D eigenvalue weighted by Gasteiger charge is -2.32. The maximum atomic E-state index is 13.2. The van der Waals surface area contributed by atoms with Crippen LogP contribution in [0, 0.1) is 11.7 Å². The Morgan fingerprint density at radius 2 is 1.74 bits per heavy atom. The molecule has 2 fully saturated rings. The van der Waals surface area contributed by atoms with Crippen LogP contribution in [0.1, 0.15) is 37.3 Å².